The van der Waals surface area contributed by atoms with E-state index in [0.717, 1.165) is 30.2 Å². The SMILES string of the molecule is Cc1nc(CN(CCC(N)=O)CCc2ccccc2)cs1. The molecular formula is C16H21N3OS. The molecular weight excluding hydrogens is 282 g/mol. The third-order valence-corrected chi connectivity index (χ3v) is 4.11. The normalized spacial score (nSPS) is 11.0. The minimum absolute atomic E-state index is 0.255. The molecule has 0 aliphatic heterocycles. The van der Waals surface area contributed by atoms with Crippen molar-refractivity contribution in [3.8, 4) is 0 Å². The van der Waals surface area contributed by atoms with Crippen LogP contribution < -0.4 is 5.73 Å². The molecule has 0 aliphatic carbocycles. The lowest BCUT2D eigenvalue weighted by atomic mass is 10.1. The largest absolute Gasteiger partial charge is 0.370 e. The van der Waals surface area contributed by atoms with Gasteiger partial charge in [0, 0.05) is 31.4 Å². The molecule has 0 bridgehead atoms. The van der Waals surface area contributed by atoms with Crippen LogP contribution in [0, 0.1) is 6.92 Å². The molecule has 0 aliphatic rings. The van der Waals surface area contributed by atoms with Crippen LogP contribution in [0.25, 0.3) is 0 Å². The summed E-state index contributed by atoms with van der Waals surface area (Å²) in [5, 5.41) is 3.15. The predicted molar refractivity (Wildman–Crippen MR) is 86.1 cm³/mol. The van der Waals surface area contributed by atoms with Gasteiger partial charge in [-0.3, -0.25) is 9.69 Å². The van der Waals surface area contributed by atoms with Gasteiger partial charge in [-0.1, -0.05) is 30.3 Å². The second kappa shape index (κ2) is 7.90. The maximum absolute atomic E-state index is 11.0. The van der Waals surface area contributed by atoms with Crippen LogP contribution in [0.3, 0.4) is 0 Å². The number of amides is 1. The van der Waals surface area contributed by atoms with Gasteiger partial charge in [-0.15, -0.1) is 11.3 Å². The lowest BCUT2D eigenvalue weighted by Gasteiger charge is -2.20. The highest BCUT2D eigenvalue weighted by atomic mass is 32.1. The number of carbonyl (C=O) groups excluding carboxylic acids is 1. The summed E-state index contributed by atoms with van der Waals surface area (Å²) in [5.41, 5.74) is 7.63. The Hall–Kier alpha value is -1.72. The molecule has 0 saturated heterocycles. The quantitative estimate of drug-likeness (QED) is 0.814. The summed E-state index contributed by atoms with van der Waals surface area (Å²) in [5.74, 6) is -0.255. The number of hydrogen-bond donors (Lipinski definition) is 1. The molecule has 0 unspecified atom stereocenters. The number of aryl methyl sites for hydroxylation is 1. The van der Waals surface area contributed by atoms with E-state index in [1.165, 1.54) is 5.56 Å². The van der Waals surface area contributed by atoms with Gasteiger partial charge in [-0.05, 0) is 18.9 Å². The third kappa shape index (κ3) is 5.65. The number of rotatable bonds is 8. The summed E-state index contributed by atoms with van der Waals surface area (Å²) in [6.45, 7) is 4.35. The van der Waals surface area contributed by atoms with Crippen LogP contribution in [0.1, 0.15) is 22.7 Å². The molecule has 0 saturated carbocycles. The molecule has 112 valence electrons. The Morgan fingerprint density at radius 2 is 2.05 bits per heavy atom. The molecule has 2 rings (SSSR count). The summed E-state index contributed by atoms with van der Waals surface area (Å²) in [4.78, 5) is 17.8. The monoisotopic (exact) mass is 303 g/mol. The summed E-state index contributed by atoms with van der Waals surface area (Å²) in [7, 11) is 0. The van der Waals surface area contributed by atoms with Crippen molar-refractivity contribution in [2.75, 3.05) is 13.1 Å². The molecule has 0 fully saturated rings. The van der Waals surface area contributed by atoms with E-state index in [1.807, 2.05) is 25.1 Å². The van der Waals surface area contributed by atoms with Crippen LogP contribution in [-0.4, -0.2) is 28.9 Å². The topological polar surface area (TPSA) is 59.2 Å². The zero-order chi connectivity index (χ0) is 15.1. The Bertz CT molecular complexity index is 568. The van der Waals surface area contributed by atoms with Crippen LogP contribution in [0.5, 0.6) is 0 Å². The van der Waals surface area contributed by atoms with Gasteiger partial charge in [-0.25, -0.2) is 4.98 Å². The van der Waals surface area contributed by atoms with E-state index in [4.69, 9.17) is 5.73 Å². The zero-order valence-electron chi connectivity index (χ0n) is 12.3. The molecule has 0 radical (unpaired) electrons. The number of aromatic nitrogens is 1. The van der Waals surface area contributed by atoms with E-state index in [2.05, 4.69) is 27.4 Å². The molecule has 4 nitrogen and oxygen atoms in total. The van der Waals surface area contributed by atoms with Crippen molar-refractivity contribution < 1.29 is 4.79 Å². The Kier molecular flexibility index (Phi) is 5.90. The van der Waals surface area contributed by atoms with E-state index < -0.39 is 0 Å². The first-order chi connectivity index (χ1) is 10.1. The van der Waals surface area contributed by atoms with Gasteiger partial charge in [0.15, 0.2) is 0 Å². The maximum Gasteiger partial charge on any atom is 0.218 e. The van der Waals surface area contributed by atoms with Crippen LogP contribution in [0.15, 0.2) is 35.7 Å². The van der Waals surface area contributed by atoms with Gasteiger partial charge in [0.1, 0.15) is 0 Å². The molecule has 0 spiro atoms. The van der Waals surface area contributed by atoms with Crippen LogP contribution in [-0.2, 0) is 17.8 Å². The maximum atomic E-state index is 11.0. The number of thiazole rings is 1. The van der Waals surface area contributed by atoms with Crippen molar-refractivity contribution in [1.82, 2.24) is 9.88 Å². The van der Waals surface area contributed by atoms with Crippen molar-refractivity contribution in [3.05, 3.63) is 52.0 Å². The van der Waals surface area contributed by atoms with Gasteiger partial charge in [0.25, 0.3) is 0 Å². The molecule has 1 aromatic heterocycles. The lowest BCUT2D eigenvalue weighted by Crippen LogP contribution is -2.30. The van der Waals surface area contributed by atoms with Crippen molar-refractivity contribution in [1.29, 1.82) is 0 Å². The first kappa shape index (κ1) is 15.7. The van der Waals surface area contributed by atoms with E-state index in [0.29, 0.717) is 13.0 Å². The highest BCUT2D eigenvalue weighted by molar-refractivity contribution is 7.09. The van der Waals surface area contributed by atoms with Gasteiger partial charge in [-0.2, -0.15) is 0 Å². The highest BCUT2D eigenvalue weighted by Gasteiger charge is 2.10. The van der Waals surface area contributed by atoms with E-state index in [9.17, 15) is 4.79 Å². The minimum Gasteiger partial charge on any atom is -0.370 e. The second-order valence-electron chi connectivity index (χ2n) is 5.09. The first-order valence-corrected chi connectivity index (χ1v) is 7.97. The van der Waals surface area contributed by atoms with E-state index >= 15 is 0 Å². The van der Waals surface area contributed by atoms with Crippen molar-refractivity contribution >= 4 is 17.2 Å². The molecule has 2 N–H and O–H groups in total. The second-order valence-corrected chi connectivity index (χ2v) is 6.15. The number of nitrogens with two attached hydrogens (primary N) is 1. The minimum atomic E-state index is -0.255. The van der Waals surface area contributed by atoms with Crippen LogP contribution >= 0.6 is 11.3 Å². The van der Waals surface area contributed by atoms with Gasteiger partial charge < -0.3 is 5.73 Å². The number of hydrogen-bond acceptors (Lipinski definition) is 4. The van der Waals surface area contributed by atoms with Gasteiger partial charge in [0.2, 0.25) is 5.91 Å². The number of carbonyl (C=O) groups is 1. The van der Waals surface area contributed by atoms with Crippen molar-refractivity contribution in [2.24, 2.45) is 5.73 Å². The fourth-order valence-corrected chi connectivity index (χ4v) is 2.78. The lowest BCUT2D eigenvalue weighted by molar-refractivity contribution is -0.118. The van der Waals surface area contributed by atoms with Gasteiger partial charge in [0.05, 0.1) is 10.7 Å². The smallest absolute Gasteiger partial charge is 0.218 e. The molecule has 0 atom stereocenters. The Labute approximate surface area is 129 Å². The zero-order valence-corrected chi connectivity index (χ0v) is 13.1. The van der Waals surface area contributed by atoms with Gasteiger partial charge >= 0.3 is 0 Å². The number of primary amides is 1. The average Bonchev–Trinajstić information content (AvgIpc) is 2.88. The fourth-order valence-electron chi connectivity index (χ4n) is 2.18. The molecule has 1 heterocycles. The van der Waals surface area contributed by atoms with Crippen LogP contribution in [0.2, 0.25) is 0 Å². The highest BCUT2D eigenvalue weighted by Crippen LogP contribution is 2.11. The summed E-state index contributed by atoms with van der Waals surface area (Å²) < 4.78 is 0. The number of nitrogens with zero attached hydrogens (tertiary/aromatic N) is 2. The summed E-state index contributed by atoms with van der Waals surface area (Å²) >= 11 is 1.66. The standard InChI is InChI=1S/C16H21N3OS/c1-13-18-15(12-21-13)11-19(10-8-16(17)20)9-7-14-5-3-2-4-6-14/h2-6,12H,7-11H2,1H3,(H2,17,20). The third-order valence-electron chi connectivity index (χ3n) is 3.29. The van der Waals surface area contributed by atoms with Crippen molar-refractivity contribution in [2.45, 2.75) is 26.3 Å². The summed E-state index contributed by atoms with van der Waals surface area (Å²) in [6, 6.07) is 10.4. The molecule has 1 amide bonds. The molecule has 1 aromatic carbocycles. The summed E-state index contributed by atoms with van der Waals surface area (Å²) in [6.07, 6.45) is 1.35. The Morgan fingerprint density at radius 3 is 2.67 bits per heavy atom. The molecule has 2 aromatic rings. The fraction of sp³-hybridized carbons (Fsp3) is 0.375. The Morgan fingerprint density at radius 1 is 1.29 bits per heavy atom. The van der Waals surface area contributed by atoms with E-state index in [-0.39, 0.29) is 5.91 Å². The van der Waals surface area contributed by atoms with E-state index in [1.54, 1.807) is 11.3 Å². The predicted octanol–water partition coefficient (Wildman–Crippen LogP) is 2.37. The average molecular weight is 303 g/mol. The Balaban J connectivity index is 1.92. The van der Waals surface area contributed by atoms with Crippen LogP contribution in [0.4, 0.5) is 0 Å². The van der Waals surface area contributed by atoms with Crippen molar-refractivity contribution in [3.63, 3.8) is 0 Å². The first-order valence-electron chi connectivity index (χ1n) is 7.09. The molecule has 21 heavy (non-hydrogen) atoms. The number of benzene rings is 1. The molecule has 5 heteroatoms.